The van der Waals surface area contributed by atoms with E-state index >= 15 is 0 Å². The molecule has 0 atom stereocenters. The van der Waals surface area contributed by atoms with Gasteiger partial charge in [0.2, 0.25) is 0 Å². The average Bonchev–Trinajstić information content (AvgIpc) is 2.23. The summed E-state index contributed by atoms with van der Waals surface area (Å²) in [6, 6.07) is 1.79. The number of rotatable bonds is 2. The Morgan fingerprint density at radius 1 is 1.07 bits per heavy atom. The van der Waals surface area contributed by atoms with Crippen molar-refractivity contribution in [1.82, 2.24) is 19.9 Å². The molecule has 0 aliphatic carbocycles. The maximum atomic E-state index is 5.63. The second kappa shape index (κ2) is 4.01. The largest absolute Gasteiger partial charge is 0.381 e. The Morgan fingerprint density at radius 2 is 1.93 bits per heavy atom. The molecule has 0 fully saturated rings. The molecule has 2 aromatic rings. The van der Waals surface area contributed by atoms with Crippen LogP contribution in [0.1, 0.15) is 0 Å². The van der Waals surface area contributed by atoms with E-state index in [9.17, 15) is 0 Å². The number of hydrogen-bond donors (Lipinski definition) is 1. The normalized spacial score (nSPS) is 10.0. The zero-order valence-corrected chi connectivity index (χ0v) is 7.98. The first-order chi connectivity index (χ1) is 6.86. The molecule has 2 heterocycles. The first kappa shape index (κ1) is 8.89. The molecule has 2 rings (SSSR count). The molecule has 2 aromatic heterocycles. The summed E-state index contributed by atoms with van der Waals surface area (Å²) in [6.07, 6.45) is 6.30. The number of nitrogen functional groups attached to an aromatic ring is 1. The summed E-state index contributed by atoms with van der Waals surface area (Å²) in [4.78, 5) is 15.9. The van der Waals surface area contributed by atoms with Crippen LogP contribution in [0.2, 0.25) is 0 Å². The Hall–Kier alpha value is -1.69. The third-order valence-corrected chi connectivity index (χ3v) is 2.41. The fourth-order valence-corrected chi connectivity index (χ4v) is 1.55. The van der Waals surface area contributed by atoms with Gasteiger partial charge in [0.15, 0.2) is 5.82 Å². The molecule has 5 nitrogen and oxygen atoms in total. The van der Waals surface area contributed by atoms with E-state index in [0.717, 1.165) is 5.03 Å². The Bertz CT molecular complexity index is 419. The van der Waals surface area contributed by atoms with Gasteiger partial charge in [0.25, 0.3) is 0 Å². The van der Waals surface area contributed by atoms with Crippen molar-refractivity contribution in [2.45, 2.75) is 10.1 Å². The highest BCUT2D eigenvalue weighted by atomic mass is 32.2. The van der Waals surface area contributed by atoms with Crippen LogP contribution in [0.5, 0.6) is 0 Å². The van der Waals surface area contributed by atoms with Gasteiger partial charge in [-0.25, -0.2) is 19.9 Å². The quantitative estimate of drug-likeness (QED) is 0.737. The maximum absolute atomic E-state index is 5.63. The molecule has 0 amide bonds. The number of nitrogens with zero attached hydrogens (tertiary/aromatic N) is 4. The molecule has 0 saturated heterocycles. The van der Waals surface area contributed by atoms with Crippen molar-refractivity contribution in [2.24, 2.45) is 0 Å². The van der Waals surface area contributed by atoms with Gasteiger partial charge in [0, 0.05) is 18.6 Å². The molecular formula is C8H7N5S. The van der Waals surface area contributed by atoms with Crippen LogP contribution in [0, 0.1) is 0 Å². The lowest BCUT2D eigenvalue weighted by Crippen LogP contribution is -1.94. The minimum Gasteiger partial charge on any atom is -0.381 e. The molecule has 6 heteroatoms. The van der Waals surface area contributed by atoms with E-state index in [1.807, 2.05) is 0 Å². The summed E-state index contributed by atoms with van der Waals surface area (Å²) >= 11 is 1.36. The fourth-order valence-electron chi connectivity index (χ4n) is 0.853. The molecular weight excluding hydrogens is 198 g/mol. The van der Waals surface area contributed by atoms with Crippen LogP contribution in [0.15, 0.2) is 41.0 Å². The van der Waals surface area contributed by atoms with Crippen molar-refractivity contribution in [1.29, 1.82) is 0 Å². The van der Waals surface area contributed by atoms with E-state index in [4.69, 9.17) is 5.73 Å². The molecule has 0 aliphatic rings. The van der Waals surface area contributed by atoms with Crippen molar-refractivity contribution < 1.29 is 0 Å². The van der Waals surface area contributed by atoms with E-state index in [0.29, 0.717) is 10.8 Å². The molecule has 0 unspecified atom stereocenters. The van der Waals surface area contributed by atoms with Gasteiger partial charge in [-0.05, 0) is 17.8 Å². The van der Waals surface area contributed by atoms with Crippen molar-refractivity contribution in [3.63, 3.8) is 0 Å². The number of hydrogen-bond acceptors (Lipinski definition) is 6. The third kappa shape index (κ3) is 1.97. The summed E-state index contributed by atoms with van der Waals surface area (Å²) < 4.78 is 0. The van der Waals surface area contributed by atoms with Crippen molar-refractivity contribution in [3.8, 4) is 0 Å². The van der Waals surface area contributed by atoms with E-state index in [1.165, 1.54) is 18.1 Å². The van der Waals surface area contributed by atoms with Gasteiger partial charge in [0.1, 0.15) is 16.4 Å². The van der Waals surface area contributed by atoms with Gasteiger partial charge in [-0.2, -0.15) is 0 Å². The topological polar surface area (TPSA) is 77.6 Å². The highest BCUT2D eigenvalue weighted by Gasteiger charge is 2.03. The molecule has 0 aliphatic heterocycles. The summed E-state index contributed by atoms with van der Waals surface area (Å²) in [5.41, 5.74) is 5.63. The van der Waals surface area contributed by atoms with Crippen LogP contribution >= 0.6 is 11.8 Å². The van der Waals surface area contributed by atoms with Crippen LogP contribution in [0.25, 0.3) is 0 Å². The fraction of sp³-hybridized carbons (Fsp3) is 0. The number of aromatic nitrogens is 4. The first-order valence-corrected chi connectivity index (χ1v) is 4.68. The highest BCUT2D eigenvalue weighted by Crippen LogP contribution is 2.26. The molecule has 2 N–H and O–H groups in total. The molecule has 0 radical (unpaired) electrons. The smallest absolute Gasteiger partial charge is 0.156 e. The van der Waals surface area contributed by atoms with E-state index < -0.39 is 0 Å². The predicted molar refractivity (Wildman–Crippen MR) is 52.6 cm³/mol. The van der Waals surface area contributed by atoms with Crippen molar-refractivity contribution in [3.05, 3.63) is 31.0 Å². The minimum absolute atomic E-state index is 0.413. The second-order valence-corrected chi connectivity index (χ2v) is 3.41. The van der Waals surface area contributed by atoms with Gasteiger partial charge in [0.05, 0.1) is 0 Å². The van der Waals surface area contributed by atoms with Crippen LogP contribution in [0.3, 0.4) is 0 Å². The SMILES string of the molecule is Nc1nccnc1Sc1ccncn1. The number of nitrogens with two attached hydrogens (primary N) is 1. The Balaban J connectivity index is 2.24. The van der Waals surface area contributed by atoms with E-state index in [2.05, 4.69) is 19.9 Å². The predicted octanol–water partition coefficient (Wildman–Crippen LogP) is 1.000. The number of anilines is 1. The monoisotopic (exact) mass is 205 g/mol. The molecule has 0 aromatic carbocycles. The van der Waals surface area contributed by atoms with Gasteiger partial charge in [-0.15, -0.1) is 0 Å². The van der Waals surface area contributed by atoms with Gasteiger partial charge < -0.3 is 5.73 Å². The minimum atomic E-state index is 0.413. The molecule has 14 heavy (non-hydrogen) atoms. The Kier molecular flexibility index (Phi) is 2.55. The van der Waals surface area contributed by atoms with Crippen LogP contribution in [-0.4, -0.2) is 19.9 Å². The molecule has 0 saturated carbocycles. The van der Waals surface area contributed by atoms with Crippen LogP contribution < -0.4 is 5.73 Å². The van der Waals surface area contributed by atoms with Gasteiger partial charge >= 0.3 is 0 Å². The van der Waals surface area contributed by atoms with Crippen molar-refractivity contribution >= 4 is 17.6 Å². The Morgan fingerprint density at radius 3 is 2.64 bits per heavy atom. The summed E-state index contributed by atoms with van der Waals surface area (Å²) in [5, 5.41) is 1.46. The van der Waals surface area contributed by atoms with E-state index in [1.54, 1.807) is 24.7 Å². The molecule has 0 spiro atoms. The van der Waals surface area contributed by atoms with Crippen LogP contribution in [0.4, 0.5) is 5.82 Å². The second-order valence-electron chi connectivity index (χ2n) is 2.40. The third-order valence-electron chi connectivity index (χ3n) is 1.45. The van der Waals surface area contributed by atoms with Gasteiger partial charge in [-0.3, -0.25) is 0 Å². The highest BCUT2D eigenvalue weighted by molar-refractivity contribution is 7.99. The first-order valence-electron chi connectivity index (χ1n) is 3.86. The zero-order valence-electron chi connectivity index (χ0n) is 7.16. The van der Waals surface area contributed by atoms with Crippen molar-refractivity contribution in [2.75, 3.05) is 5.73 Å². The standard InChI is InChI=1S/C8H7N5S/c9-7-8(12-4-3-11-7)14-6-1-2-10-5-13-6/h1-5H,(H2,9,11). The lowest BCUT2D eigenvalue weighted by molar-refractivity contribution is 1.03. The average molecular weight is 205 g/mol. The molecule has 0 bridgehead atoms. The van der Waals surface area contributed by atoms with E-state index in [-0.39, 0.29) is 0 Å². The summed E-state index contributed by atoms with van der Waals surface area (Å²) in [7, 11) is 0. The molecule has 70 valence electrons. The Labute approximate surface area is 84.8 Å². The lowest BCUT2D eigenvalue weighted by Gasteiger charge is -2.00. The zero-order chi connectivity index (χ0) is 9.80. The van der Waals surface area contributed by atoms with Crippen LogP contribution in [-0.2, 0) is 0 Å². The summed E-state index contributed by atoms with van der Waals surface area (Å²) in [6.45, 7) is 0. The lowest BCUT2D eigenvalue weighted by atomic mass is 10.7. The maximum Gasteiger partial charge on any atom is 0.156 e. The summed E-state index contributed by atoms with van der Waals surface area (Å²) in [5.74, 6) is 0.413. The van der Waals surface area contributed by atoms with Gasteiger partial charge in [-0.1, -0.05) is 0 Å².